The van der Waals surface area contributed by atoms with Gasteiger partial charge in [-0.05, 0) is 55.5 Å². The molecule has 0 aliphatic carbocycles. The van der Waals surface area contributed by atoms with E-state index in [0.29, 0.717) is 17.8 Å². The molecule has 2 aromatic rings. The second-order valence-corrected chi connectivity index (χ2v) is 7.08. The van der Waals surface area contributed by atoms with Crippen LogP contribution in [0.1, 0.15) is 46.8 Å². The van der Waals surface area contributed by atoms with Crippen molar-refractivity contribution in [2.75, 3.05) is 13.7 Å². The smallest absolute Gasteiger partial charge is 0.417 e. The summed E-state index contributed by atoms with van der Waals surface area (Å²) in [5.41, 5.74) is 2.00. The van der Waals surface area contributed by atoms with E-state index in [0.717, 1.165) is 42.0 Å². The molecule has 3 rings (SSSR count). The van der Waals surface area contributed by atoms with E-state index in [9.17, 15) is 18.0 Å². The number of hydrogen-bond donors (Lipinski definition) is 0. The first-order chi connectivity index (χ1) is 13.2. The normalized spacial score (nSPS) is 17.1. The molecule has 28 heavy (non-hydrogen) atoms. The average molecular weight is 392 g/mol. The second-order valence-electron chi connectivity index (χ2n) is 7.08. The molecular weight excluding hydrogens is 369 g/mol. The first-order valence-electron chi connectivity index (χ1n) is 9.18. The fourth-order valence-corrected chi connectivity index (χ4v) is 3.79. The van der Waals surface area contributed by atoms with Gasteiger partial charge in [-0.3, -0.25) is 9.78 Å². The van der Waals surface area contributed by atoms with Gasteiger partial charge >= 0.3 is 6.18 Å². The predicted molar refractivity (Wildman–Crippen MR) is 99.1 cm³/mol. The number of ether oxygens (including phenoxy) is 1. The minimum absolute atomic E-state index is 0.0104. The Morgan fingerprint density at radius 1 is 1.32 bits per heavy atom. The monoisotopic (exact) mass is 392 g/mol. The van der Waals surface area contributed by atoms with Gasteiger partial charge in [-0.25, -0.2) is 0 Å². The fraction of sp³-hybridized carbons (Fsp3) is 0.429. The first kappa shape index (κ1) is 20.2. The Morgan fingerprint density at radius 3 is 2.71 bits per heavy atom. The van der Waals surface area contributed by atoms with Crippen LogP contribution in [0.15, 0.2) is 30.5 Å². The van der Waals surface area contributed by atoms with Crippen molar-refractivity contribution >= 4 is 5.91 Å². The van der Waals surface area contributed by atoms with E-state index >= 15 is 0 Å². The van der Waals surface area contributed by atoms with E-state index in [1.165, 1.54) is 0 Å². The van der Waals surface area contributed by atoms with Crippen molar-refractivity contribution in [3.63, 3.8) is 0 Å². The zero-order chi connectivity index (χ0) is 20.5. The number of aryl methyl sites for hydroxylation is 1. The molecule has 1 saturated heterocycles. The van der Waals surface area contributed by atoms with Crippen LogP contribution in [-0.2, 0) is 17.4 Å². The van der Waals surface area contributed by atoms with Gasteiger partial charge in [-0.2, -0.15) is 13.2 Å². The first-order valence-corrected chi connectivity index (χ1v) is 9.18. The Balaban J connectivity index is 1.81. The van der Waals surface area contributed by atoms with Crippen LogP contribution >= 0.6 is 0 Å². The molecular formula is C21H23F3N2O2. The molecule has 2 heterocycles. The minimum Gasteiger partial charge on any atom is -0.496 e. The van der Waals surface area contributed by atoms with Crippen LogP contribution in [0.5, 0.6) is 5.75 Å². The summed E-state index contributed by atoms with van der Waals surface area (Å²) < 4.78 is 43.8. The number of amides is 1. The summed E-state index contributed by atoms with van der Waals surface area (Å²) in [6, 6.07) is 6.77. The molecule has 1 fully saturated rings. The van der Waals surface area contributed by atoms with Crippen LogP contribution in [0.25, 0.3) is 0 Å². The third-order valence-corrected chi connectivity index (χ3v) is 5.31. The van der Waals surface area contributed by atoms with Crippen molar-refractivity contribution in [2.24, 2.45) is 0 Å². The highest BCUT2D eigenvalue weighted by molar-refractivity contribution is 5.79. The van der Waals surface area contributed by atoms with Crippen molar-refractivity contribution < 1.29 is 22.7 Å². The molecule has 1 aliphatic rings. The summed E-state index contributed by atoms with van der Waals surface area (Å²) in [5.74, 6) is 0.650. The Labute approximate surface area is 162 Å². The molecule has 7 heteroatoms. The van der Waals surface area contributed by atoms with Gasteiger partial charge in [0.1, 0.15) is 5.75 Å². The molecule has 0 N–H and O–H groups in total. The molecule has 0 radical (unpaired) electrons. The van der Waals surface area contributed by atoms with Crippen LogP contribution < -0.4 is 4.74 Å². The molecule has 1 aliphatic heterocycles. The third kappa shape index (κ3) is 3.98. The molecule has 0 unspecified atom stereocenters. The number of likely N-dealkylation sites (tertiary alicyclic amines) is 1. The van der Waals surface area contributed by atoms with Crippen LogP contribution in [-0.4, -0.2) is 29.4 Å². The van der Waals surface area contributed by atoms with Crippen molar-refractivity contribution in [3.8, 4) is 5.75 Å². The molecule has 0 bridgehead atoms. The van der Waals surface area contributed by atoms with E-state index in [1.807, 2.05) is 25.1 Å². The van der Waals surface area contributed by atoms with Gasteiger partial charge in [-0.1, -0.05) is 12.1 Å². The topological polar surface area (TPSA) is 42.4 Å². The quantitative estimate of drug-likeness (QED) is 0.762. The van der Waals surface area contributed by atoms with E-state index in [4.69, 9.17) is 4.74 Å². The van der Waals surface area contributed by atoms with Crippen LogP contribution in [0.3, 0.4) is 0 Å². The van der Waals surface area contributed by atoms with Crippen molar-refractivity contribution in [2.45, 2.75) is 45.3 Å². The van der Waals surface area contributed by atoms with Crippen LogP contribution in [0.4, 0.5) is 13.2 Å². The van der Waals surface area contributed by atoms with E-state index in [2.05, 4.69) is 4.98 Å². The largest absolute Gasteiger partial charge is 0.496 e. The SMILES string of the molecule is COc1cccc([C@@H]2CCCN2C(=O)Cc2ncc(C(F)(F)F)cc2C)c1C. The minimum atomic E-state index is -4.44. The lowest BCUT2D eigenvalue weighted by atomic mass is 9.98. The number of pyridine rings is 1. The fourth-order valence-electron chi connectivity index (χ4n) is 3.79. The number of methoxy groups -OCH3 is 1. The Kier molecular flexibility index (Phi) is 5.63. The lowest BCUT2D eigenvalue weighted by Gasteiger charge is -2.27. The number of rotatable bonds is 4. The Morgan fingerprint density at radius 2 is 2.07 bits per heavy atom. The summed E-state index contributed by atoms with van der Waals surface area (Å²) in [5, 5.41) is 0. The zero-order valence-corrected chi connectivity index (χ0v) is 16.1. The number of hydrogen-bond acceptors (Lipinski definition) is 3. The second kappa shape index (κ2) is 7.81. The zero-order valence-electron chi connectivity index (χ0n) is 16.1. The van der Waals surface area contributed by atoms with Gasteiger partial charge in [0.25, 0.3) is 0 Å². The van der Waals surface area contributed by atoms with Gasteiger partial charge in [0.2, 0.25) is 5.91 Å². The molecule has 1 amide bonds. The molecule has 4 nitrogen and oxygen atoms in total. The Bertz CT molecular complexity index is 880. The van der Waals surface area contributed by atoms with Gasteiger partial charge in [0.05, 0.1) is 30.8 Å². The molecule has 1 aromatic heterocycles. The maximum atomic E-state index is 12.9. The average Bonchev–Trinajstić information content (AvgIpc) is 3.12. The van der Waals surface area contributed by atoms with Crippen LogP contribution in [0.2, 0.25) is 0 Å². The number of halogens is 3. The lowest BCUT2D eigenvalue weighted by Crippen LogP contribution is -2.32. The van der Waals surface area contributed by atoms with Crippen LogP contribution in [0, 0.1) is 13.8 Å². The number of alkyl halides is 3. The highest BCUT2D eigenvalue weighted by Crippen LogP contribution is 2.37. The van der Waals surface area contributed by atoms with Crippen molar-refractivity contribution in [1.82, 2.24) is 9.88 Å². The highest BCUT2D eigenvalue weighted by atomic mass is 19.4. The maximum absolute atomic E-state index is 12.9. The standard InChI is InChI=1S/C21H23F3N2O2/c1-13-10-15(21(22,23)24)12-25-17(13)11-20(27)26-9-5-7-18(26)16-6-4-8-19(28-3)14(16)2/h4,6,8,10,12,18H,5,7,9,11H2,1-3H3/t18-/m0/s1. The molecule has 0 spiro atoms. The lowest BCUT2D eigenvalue weighted by molar-refractivity contribution is -0.137. The molecule has 1 atom stereocenters. The summed E-state index contributed by atoms with van der Waals surface area (Å²) in [4.78, 5) is 18.6. The van der Waals surface area contributed by atoms with Crippen molar-refractivity contribution in [3.05, 3.63) is 58.4 Å². The maximum Gasteiger partial charge on any atom is 0.417 e. The van der Waals surface area contributed by atoms with E-state index < -0.39 is 11.7 Å². The van der Waals surface area contributed by atoms with E-state index in [1.54, 1.807) is 18.9 Å². The summed E-state index contributed by atoms with van der Waals surface area (Å²) >= 11 is 0. The number of nitrogens with zero attached hydrogens (tertiary/aromatic N) is 2. The highest BCUT2D eigenvalue weighted by Gasteiger charge is 2.33. The predicted octanol–water partition coefficient (Wildman–Crippen LogP) is 4.63. The molecule has 1 aromatic carbocycles. The van der Waals surface area contributed by atoms with Crippen molar-refractivity contribution in [1.29, 1.82) is 0 Å². The van der Waals surface area contributed by atoms with Gasteiger partial charge in [0.15, 0.2) is 0 Å². The summed E-state index contributed by atoms with van der Waals surface area (Å²) in [6.07, 6.45) is -1.93. The number of carbonyl (C=O) groups is 1. The summed E-state index contributed by atoms with van der Waals surface area (Å²) in [6.45, 7) is 4.15. The molecule has 0 saturated carbocycles. The van der Waals surface area contributed by atoms with Gasteiger partial charge in [0, 0.05) is 12.7 Å². The number of carbonyl (C=O) groups excluding carboxylic acids is 1. The molecule has 150 valence electrons. The third-order valence-electron chi connectivity index (χ3n) is 5.31. The van der Waals surface area contributed by atoms with Gasteiger partial charge in [-0.15, -0.1) is 0 Å². The van der Waals surface area contributed by atoms with Gasteiger partial charge < -0.3 is 9.64 Å². The summed E-state index contributed by atoms with van der Waals surface area (Å²) in [7, 11) is 1.61. The number of aromatic nitrogens is 1. The number of benzene rings is 1. The van der Waals surface area contributed by atoms with E-state index in [-0.39, 0.29) is 18.4 Å². The Hall–Kier alpha value is -2.57.